The highest BCUT2D eigenvalue weighted by molar-refractivity contribution is 6.29. The summed E-state index contributed by atoms with van der Waals surface area (Å²) in [7, 11) is 0. The van der Waals surface area contributed by atoms with Crippen LogP contribution in [0, 0.1) is 5.41 Å². The number of carboxylic acids is 1. The van der Waals surface area contributed by atoms with Crippen molar-refractivity contribution in [3.05, 3.63) is 0 Å². The molecule has 0 aromatic carbocycles. The lowest BCUT2D eigenvalue weighted by Gasteiger charge is -2.18. The molecule has 0 heterocycles. The molecule has 0 saturated heterocycles. The summed E-state index contributed by atoms with van der Waals surface area (Å²) in [6, 6.07) is 0. The van der Waals surface area contributed by atoms with E-state index < -0.39 is 11.3 Å². The van der Waals surface area contributed by atoms with E-state index in [1.165, 1.54) is 0 Å². The number of carbonyl (C=O) groups is 1. The van der Waals surface area contributed by atoms with E-state index in [9.17, 15) is 4.79 Å². The van der Waals surface area contributed by atoms with Crippen molar-refractivity contribution in [3.8, 4) is 0 Å². The zero-order valence-corrected chi connectivity index (χ0v) is 7.98. The Morgan fingerprint density at radius 1 is 1.55 bits per heavy atom. The summed E-state index contributed by atoms with van der Waals surface area (Å²) in [5, 5.41) is 7.72. The summed E-state index contributed by atoms with van der Waals surface area (Å²) in [6.07, 6.45) is 1.38. The lowest BCUT2D eigenvalue weighted by molar-refractivity contribution is -0.136. The molecule has 66 valence electrons. The normalized spacial score (nSPS) is 14.5. The molecule has 0 spiro atoms. The standard InChI is InChI=1S/C8H15ClO2/c1-8(2,3)5-4-6(9)7(10)11/h6H,4-5H2,1-3H3,(H,10,11). The van der Waals surface area contributed by atoms with Gasteiger partial charge in [-0.05, 0) is 18.3 Å². The van der Waals surface area contributed by atoms with Crippen molar-refractivity contribution in [1.29, 1.82) is 0 Å². The van der Waals surface area contributed by atoms with Crippen LogP contribution in [0.3, 0.4) is 0 Å². The largest absolute Gasteiger partial charge is 0.480 e. The molecular formula is C8H15ClO2. The van der Waals surface area contributed by atoms with Crippen LogP contribution in [-0.2, 0) is 4.79 Å². The molecule has 0 rings (SSSR count). The quantitative estimate of drug-likeness (QED) is 0.675. The van der Waals surface area contributed by atoms with Crippen molar-refractivity contribution in [2.75, 3.05) is 0 Å². The Kier molecular flexibility index (Phi) is 3.87. The fourth-order valence-corrected chi connectivity index (χ4v) is 0.792. The molecule has 1 N–H and O–H groups in total. The molecule has 11 heavy (non-hydrogen) atoms. The zero-order chi connectivity index (χ0) is 9.07. The number of halogens is 1. The highest BCUT2D eigenvalue weighted by Crippen LogP contribution is 2.23. The number of alkyl halides is 1. The third-order valence-corrected chi connectivity index (χ3v) is 1.82. The Morgan fingerprint density at radius 2 is 2.00 bits per heavy atom. The molecule has 1 unspecified atom stereocenters. The molecule has 0 saturated carbocycles. The van der Waals surface area contributed by atoms with Gasteiger partial charge in [-0.1, -0.05) is 20.8 Å². The van der Waals surface area contributed by atoms with Crippen molar-refractivity contribution >= 4 is 17.6 Å². The first-order valence-electron chi connectivity index (χ1n) is 3.70. The Hall–Kier alpha value is -0.240. The van der Waals surface area contributed by atoms with E-state index in [0.29, 0.717) is 6.42 Å². The Bertz CT molecular complexity index is 138. The van der Waals surface area contributed by atoms with Gasteiger partial charge in [-0.3, -0.25) is 4.79 Å². The lowest BCUT2D eigenvalue weighted by atomic mass is 9.90. The van der Waals surface area contributed by atoms with E-state index in [-0.39, 0.29) is 5.41 Å². The first-order valence-corrected chi connectivity index (χ1v) is 4.13. The van der Waals surface area contributed by atoms with E-state index in [2.05, 4.69) is 20.8 Å². The van der Waals surface area contributed by atoms with Gasteiger partial charge < -0.3 is 5.11 Å². The maximum atomic E-state index is 10.3. The average Bonchev–Trinajstić information content (AvgIpc) is 1.80. The Labute approximate surface area is 72.6 Å². The summed E-state index contributed by atoms with van der Waals surface area (Å²) < 4.78 is 0. The van der Waals surface area contributed by atoms with Crippen LogP contribution in [0.5, 0.6) is 0 Å². The summed E-state index contributed by atoms with van der Waals surface area (Å²) in [6.45, 7) is 6.20. The summed E-state index contributed by atoms with van der Waals surface area (Å²) >= 11 is 5.52. The molecule has 0 aromatic rings. The first-order chi connectivity index (χ1) is 4.83. The second-order valence-corrected chi connectivity index (χ2v) is 4.43. The van der Waals surface area contributed by atoms with Crippen LogP contribution in [0.1, 0.15) is 33.6 Å². The van der Waals surface area contributed by atoms with E-state index in [1.807, 2.05) is 0 Å². The van der Waals surface area contributed by atoms with Gasteiger partial charge in [0.1, 0.15) is 5.38 Å². The molecule has 0 aliphatic carbocycles. The van der Waals surface area contributed by atoms with Crippen LogP contribution in [-0.4, -0.2) is 16.5 Å². The van der Waals surface area contributed by atoms with Crippen LogP contribution in [0.2, 0.25) is 0 Å². The number of rotatable bonds is 3. The van der Waals surface area contributed by atoms with Gasteiger partial charge in [-0.15, -0.1) is 11.6 Å². The van der Waals surface area contributed by atoms with Gasteiger partial charge in [0.25, 0.3) is 0 Å². The maximum absolute atomic E-state index is 10.3. The predicted octanol–water partition coefficient (Wildman–Crippen LogP) is 2.50. The number of carboxylic acid groups (broad SMARTS) is 1. The Morgan fingerprint density at radius 3 is 2.27 bits per heavy atom. The van der Waals surface area contributed by atoms with Gasteiger partial charge in [-0.25, -0.2) is 0 Å². The van der Waals surface area contributed by atoms with E-state index >= 15 is 0 Å². The molecule has 0 radical (unpaired) electrons. The molecular weight excluding hydrogens is 164 g/mol. The van der Waals surface area contributed by atoms with Crippen LogP contribution >= 0.6 is 11.6 Å². The minimum absolute atomic E-state index is 0.169. The molecule has 0 aliphatic rings. The molecule has 3 heteroatoms. The van der Waals surface area contributed by atoms with E-state index in [1.54, 1.807) is 0 Å². The van der Waals surface area contributed by atoms with Crippen LogP contribution in [0.4, 0.5) is 0 Å². The fraction of sp³-hybridized carbons (Fsp3) is 0.875. The van der Waals surface area contributed by atoms with Crippen molar-refractivity contribution in [1.82, 2.24) is 0 Å². The highest BCUT2D eigenvalue weighted by Gasteiger charge is 2.17. The van der Waals surface area contributed by atoms with Gasteiger partial charge in [-0.2, -0.15) is 0 Å². The number of hydrogen-bond donors (Lipinski definition) is 1. The fourth-order valence-electron chi connectivity index (χ4n) is 0.683. The topological polar surface area (TPSA) is 37.3 Å². The average molecular weight is 179 g/mol. The summed E-state index contributed by atoms with van der Waals surface area (Å²) in [5.41, 5.74) is 0.169. The van der Waals surface area contributed by atoms with Crippen LogP contribution in [0.25, 0.3) is 0 Å². The van der Waals surface area contributed by atoms with Crippen molar-refractivity contribution in [2.45, 2.75) is 39.0 Å². The lowest BCUT2D eigenvalue weighted by Crippen LogP contribution is -2.16. The van der Waals surface area contributed by atoms with Gasteiger partial charge in [0.2, 0.25) is 0 Å². The van der Waals surface area contributed by atoms with Gasteiger partial charge >= 0.3 is 5.97 Å². The highest BCUT2D eigenvalue weighted by atomic mass is 35.5. The second kappa shape index (κ2) is 3.96. The molecule has 0 fully saturated rings. The van der Waals surface area contributed by atoms with E-state index in [4.69, 9.17) is 16.7 Å². The maximum Gasteiger partial charge on any atom is 0.321 e. The van der Waals surface area contributed by atoms with Gasteiger partial charge in [0, 0.05) is 0 Å². The summed E-state index contributed by atoms with van der Waals surface area (Å²) in [4.78, 5) is 10.3. The summed E-state index contributed by atoms with van der Waals surface area (Å²) in [5.74, 6) is -0.920. The third kappa shape index (κ3) is 6.17. The minimum Gasteiger partial charge on any atom is -0.480 e. The molecule has 2 nitrogen and oxygen atoms in total. The monoisotopic (exact) mass is 178 g/mol. The molecule has 1 atom stereocenters. The van der Waals surface area contributed by atoms with Crippen LogP contribution < -0.4 is 0 Å². The van der Waals surface area contributed by atoms with E-state index in [0.717, 1.165) is 6.42 Å². The molecule has 0 bridgehead atoms. The van der Waals surface area contributed by atoms with Gasteiger partial charge in [0.15, 0.2) is 0 Å². The smallest absolute Gasteiger partial charge is 0.321 e. The van der Waals surface area contributed by atoms with Crippen molar-refractivity contribution in [2.24, 2.45) is 5.41 Å². The number of aliphatic carboxylic acids is 1. The van der Waals surface area contributed by atoms with Crippen molar-refractivity contribution in [3.63, 3.8) is 0 Å². The SMILES string of the molecule is CC(C)(C)CCC(Cl)C(=O)O. The zero-order valence-electron chi connectivity index (χ0n) is 7.22. The minimum atomic E-state index is -0.920. The molecule has 0 amide bonds. The molecule has 0 aromatic heterocycles. The van der Waals surface area contributed by atoms with Crippen molar-refractivity contribution < 1.29 is 9.90 Å². The second-order valence-electron chi connectivity index (χ2n) is 3.91. The molecule has 0 aliphatic heterocycles. The first kappa shape index (κ1) is 10.8. The Balaban J connectivity index is 3.63. The van der Waals surface area contributed by atoms with Gasteiger partial charge in [0.05, 0.1) is 0 Å². The third-order valence-electron chi connectivity index (χ3n) is 1.42. The predicted molar refractivity (Wildman–Crippen MR) is 46.0 cm³/mol. The number of hydrogen-bond acceptors (Lipinski definition) is 1. The van der Waals surface area contributed by atoms with Crippen LogP contribution in [0.15, 0.2) is 0 Å².